The summed E-state index contributed by atoms with van der Waals surface area (Å²) in [6.07, 6.45) is 70.0. The smallest absolute Gasteiger partial charge is 0.462 e. The Morgan fingerprint density at radius 2 is 0.490 bits per heavy atom. The van der Waals surface area contributed by atoms with Crippen molar-refractivity contribution in [3.8, 4) is 0 Å². The summed E-state index contributed by atoms with van der Waals surface area (Å²) < 4.78 is 68.7. The van der Waals surface area contributed by atoms with E-state index in [1.54, 1.807) is 0 Å². The first kappa shape index (κ1) is 97.5. The molecular weight excluding hydrogens is 1310 g/mol. The second-order valence-electron chi connectivity index (χ2n) is 28.4. The first-order valence-corrected chi connectivity index (χ1v) is 44.6. The number of rotatable bonds is 80. The van der Waals surface area contributed by atoms with Crippen molar-refractivity contribution in [2.45, 2.75) is 431 Å². The number of unbranched alkanes of at least 4 members (excludes halogenated alkanes) is 50. The summed E-state index contributed by atoms with van der Waals surface area (Å²) in [6, 6.07) is 0. The summed E-state index contributed by atoms with van der Waals surface area (Å²) in [5.74, 6) is -2.13. The minimum atomic E-state index is -4.97. The molecule has 0 aromatic carbocycles. The molecule has 0 aliphatic rings. The van der Waals surface area contributed by atoms with Crippen LogP contribution in [0.25, 0.3) is 0 Å². The molecule has 590 valence electrons. The third-order valence-electron chi connectivity index (χ3n) is 18.4. The zero-order chi connectivity index (χ0) is 73.2. The Balaban J connectivity index is 5.28. The lowest BCUT2D eigenvalue weighted by atomic mass is 10.0. The highest BCUT2D eigenvalue weighted by molar-refractivity contribution is 7.47. The van der Waals surface area contributed by atoms with E-state index >= 15 is 0 Å². The van der Waals surface area contributed by atoms with E-state index in [9.17, 15) is 43.2 Å². The molecule has 0 aliphatic carbocycles. The van der Waals surface area contributed by atoms with Crippen molar-refractivity contribution in [1.82, 2.24) is 0 Å². The Morgan fingerprint density at radius 3 is 0.760 bits per heavy atom. The van der Waals surface area contributed by atoms with Gasteiger partial charge in [0.15, 0.2) is 12.2 Å². The predicted molar refractivity (Wildman–Crippen MR) is 409 cm³/mol. The van der Waals surface area contributed by atoms with Gasteiger partial charge in [-0.15, -0.1) is 0 Å². The monoisotopic (exact) mass is 1460 g/mol. The average Bonchev–Trinajstić information content (AvgIpc) is 0.932. The molecule has 19 heteroatoms. The lowest BCUT2D eigenvalue weighted by molar-refractivity contribution is -0.161. The van der Waals surface area contributed by atoms with Crippen LogP contribution in [0.1, 0.15) is 413 Å². The molecule has 0 saturated carbocycles. The predicted octanol–water partition coefficient (Wildman–Crippen LogP) is 24.1. The van der Waals surface area contributed by atoms with Crippen molar-refractivity contribution >= 4 is 39.5 Å². The zero-order valence-electron chi connectivity index (χ0n) is 64.7. The molecule has 100 heavy (non-hydrogen) atoms. The van der Waals surface area contributed by atoms with Gasteiger partial charge in [-0.1, -0.05) is 354 Å². The quantitative estimate of drug-likeness (QED) is 0.0169. The fraction of sp³-hybridized carbons (Fsp3) is 0.901. The molecule has 0 aromatic heterocycles. The normalized spacial score (nSPS) is 13.9. The van der Waals surface area contributed by atoms with Crippen molar-refractivity contribution in [2.24, 2.45) is 0 Å². The Bertz CT molecular complexity index is 1990. The Hall–Kier alpha value is -2.46. The molecule has 5 atom stereocenters. The van der Waals surface area contributed by atoms with Gasteiger partial charge in [0.05, 0.1) is 26.4 Å². The molecule has 0 heterocycles. The maximum atomic E-state index is 13.1. The first-order valence-electron chi connectivity index (χ1n) is 41.6. The molecule has 0 amide bonds. The number of hydrogen-bond donors (Lipinski definition) is 3. The van der Waals surface area contributed by atoms with E-state index in [0.717, 1.165) is 109 Å². The highest BCUT2D eigenvalue weighted by atomic mass is 31.2. The summed E-state index contributed by atoms with van der Waals surface area (Å²) in [4.78, 5) is 73.0. The van der Waals surface area contributed by atoms with Gasteiger partial charge < -0.3 is 33.8 Å². The topological polar surface area (TPSA) is 237 Å². The van der Waals surface area contributed by atoms with Crippen LogP contribution in [-0.4, -0.2) is 96.7 Å². The van der Waals surface area contributed by atoms with E-state index in [1.165, 1.54) is 225 Å². The van der Waals surface area contributed by atoms with E-state index in [1.807, 2.05) is 0 Å². The van der Waals surface area contributed by atoms with Crippen LogP contribution in [0.2, 0.25) is 0 Å². The van der Waals surface area contributed by atoms with E-state index in [-0.39, 0.29) is 25.7 Å². The molecule has 0 aromatic rings. The number of carbonyl (C=O) groups is 4. The minimum Gasteiger partial charge on any atom is -0.462 e. The van der Waals surface area contributed by atoms with Gasteiger partial charge >= 0.3 is 39.5 Å². The zero-order valence-corrected chi connectivity index (χ0v) is 66.5. The van der Waals surface area contributed by atoms with Crippen LogP contribution in [-0.2, 0) is 65.4 Å². The van der Waals surface area contributed by atoms with Crippen molar-refractivity contribution in [1.29, 1.82) is 0 Å². The maximum Gasteiger partial charge on any atom is 0.472 e. The van der Waals surface area contributed by atoms with E-state index in [2.05, 4.69) is 52.0 Å². The van der Waals surface area contributed by atoms with Crippen LogP contribution < -0.4 is 0 Å². The van der Waals surface area contributed by atoms with Gasteiger partial charge in [0.2, 0.25) is 0 Å². The first-order chi connectivity index (χ1) is 48.7. The summed E-state index contributed by atoms with van der Waals surface area (Å²) in [6.45, 7) is 4.96. The van der Waals surface area contributed by atoms with Gasteiger partial charge in [-0.05, 0) is 57.8 Å². The molecule has 0 fully saturated rings. The largest absolute Gasteiger partial charge is 0.472 e. The molecule has 3 N–H and O–H groups in total. The standard InChI is InChI=1S/C81H154O17P2/c1-5-9-13-17-21-25-29-33-36-37-40-43-46-50-54-58-62-66-79(84)92-72-77(98-81(86)68-64-60-56-52-48-44-39-35-31-27-23-19-15-11-7-3)74-96-100(89,90)94-70-75(82)69-93-99(87,88)95-73-76(97-80(85)67-63-59-55-51-47-41-32-28-24-20-16-12-8-4)71-91-78(83)65-61-57-53-49-45-42-38-34-30-26-22-18-14-10-6-2/h23,27,35,39,75-77,82H,5-22,24-26,28-34,36-38,40-74H2,1-4H3,(H,87,88)(H,89,90)/b27-23-,39-35-/t75-,76+,77+/m0/s1. The van der Waals surface area contributed by atoms with Crippen LogP contribution in [0.3, 0.4) is 0 Å². The summed E-state index contributed by atoms with van der Waals surface area (Å²) >= 11 is 0. The number of aliphatic hydroxyl groups is 1. The molecule has 0 rings (SSSR count). The minimum absolute atomic E-state index is 0.0878. The number of ether oxygens (including phenoxy) is 4. The van der Waals surface area contributed by atoms with Crippen LogP contribution in [0.15, 0.2) is 24.3 Å². The van der Waals surface area contributed by atoms with Gasteiger partial charge in [0.1, 0.15) is 19.3 Å². The molecular formula is C81H154O17P2. The van der Waals surface area contributed by atoms with Crippen molar-refractivity contribution < 1.29 is 80.2 Å². The van der Waals surface area contributed by atoms with Gasteiger partial charge in [-0.2, -0.15) is 0 Å². The molecule has 0 spiro atoms. The molecule has 0 radical (unpaired) electrons. The second-order valence-corrected chi connectivity index (χ2v) is 31.4. The lowest BCUT2D eigenvalue weighted by Gasteiger charge is -2.21. The molecule has 0 bridgehead atoms. The maximum absolute atomic E-state index is 13.1. The number of allylic oxidation sites excluding steroid dienone is 4. The van der Waals surface area contributed by atoms with Crippen LogP contribution in [0, 0.1) is 0 Å². The van der Waals surface area contributed by atoms with Gasteiger partial charge in [-0.25, -0.2) is 9.13 Å². The SMILES string of the molecule is CCCCC/C=C\C/C=C\CCCCCCCC(=O)O[C@H](COC(=O)CCCCCCCCCCCCCCCCCCC)COP(=O)(O)OC[C@@H](O)COP(=O)(O)OC[C@@H](COC(=O)CCCCCCCCCCCCCCCCC)OC(=O)CCCCCCCCCCCCCCC. The van der Waals surface area contributed by atoms with Crippen LogP contribution in [0.4, 0.5) is 0 Å². The lowest BCUT2D eigenvalue weighted by Crippen LogP contribution is -2.30. The highest BCUT2D eigenvalue weighted by Gasteiger charge is 2.30. The summed E-state index contributed by atoms with van der Waals surface area (Å²) in [5.41, 5.74) is 0. The van der Waals surface area contributed by atoms with Crippen LogP contribution in [0.5, 0.6) is 0 Å². The molecule has 0 saturated heterocycles. The molecule has 2 unspecified atom stereocenters. The van der Waals surface area contributed by atoms with Gasteiger partial charge in [0, 0.05) is 25.7 Å². The van der Waals surface area contributed by atoms with Crippen molar-refractivity contribution in [3.63, 3.8) is 0 Å². The fourth-order valence-electron chi connectivity index (χ4n) is 12.1. The number of carbonyl (C=O) groups excluding carboxylic acids is 4. The Labute approximate surface area is 612 Å². The van der Waals surface area contributed by atoms with Gasteiger partial charge in [-0.3, -0.25) is 37.3 Å². The van der Waals surface area contributed by atoms with E-state index < -0.39 is 97.5 Å². The second kappa shape index (κ2) is 74.8. The number of hydrogen-bond acceptors (Lipinski definition) is 15. The van der Waals surface area contributed by atoms with E-state index in [4.69, 9.17) is 37.0 Å². The Morgan fingerprint density at radius 1 is 0.280 bits per heavy atom. The van der Waals surface area contributed by atoms with Crippen molar-refractivity contribution in [3.05, 3.63) is 24.3 Å². The third-order valence-corrected chi connectivity index (χ3v) is 20.4. The molecule has 17 nitrogen and oxygen atoms in total. The molecule has 0 aliphatic heterocycles. The number of phosphoric ester groups is 2. The average molecular weight is 1460 g/mol. The number of phosphoric acid groups is 2. The van der Waals surface area contributed by atoms with Gasteiger partial charge in [0.25, 0.3) is 0 Å². The van der Waals surface area contributed by atoms with E-state index in [0.29, 0.717) is 25.7 Å². The fourth-order valence-corrected chi connectivity index (χ4v) is 13.7. The van der Waals surface area contributed by atoms with Crippen molar-refractivity contribution in [2.75, 3.05) is 39.6 Å². The highest BCUT2D eigenvalue weighted by Crippen LogP contribution is 2.45. The summed E-state index contributed by atoms with van der Waals surface area (Å²) in [7, 11) is -9.93. The van der Waals surface area contributed by atoms with Crippen LogP contribution >= 0.6 is 15.6 Å². The number of aliphatic hydroxyl groups excluding tert-OH is 1. The Kier molecular flexibility index (Phi) is 73.0. The number of esters is 4. The third kappa shape index (κ3) is 73.8. The summed E-state index contributed by atoms with van der Waals surface area (Å²) in [5, 5.41) is 10.6.